The second-order valence-corrected chi connectivity index (χ2v) is 9.57. The molecule has 5 nitrogen and oxygen atoms in total. The zero-order valence-corrected chi connectivity index (χ0v) is 19.6. The van der Waals surface area contributed by atoms with Gasteiger partial charge in [0.05, 0.1) is 10.6 Å². The van der Waals surface area contributed by atoms with Crippen molar-refractivity contribution < 1.29 is 17.9 Å². The first-order valence-corrected chi connectivity index (χ1v) is 12.2. The van der Waals surface area contributed by atoms with Gasteiger partial charge in [-0.25, -0.2) is 8.42 Å². The van der Waals surface area contributed by atoms with Crippen molar-refractivity contribution in [3.05, 3.63) is 89.5 Å². The molecule has 1 amide bonds. The number of carbonyl (C=O) groups excluding carboxylic acids is 1. The molecule has 0 atom stereocenters. The summed E-state index contributed by atoms with van der Waals surface area (Å²) in [5.41, 5.74) is 3.54. The first kappa shape index (κ1) is 23.5. The van der Waals surface area contributed by atoms with Crippen LogP contribution in [-0.2, 0) is 21.2 Å². The quantitative estimate of drug-likeness (QED) is 0.434. The Morgan fingerprint density at radius 2 is 1.59 bits per heavy atom. The largest absolute Gasteiger partial charge is 0.484 e. The Kier molecular flexibility index (Phi) is 7.70. The fraction of sp³-hybridized carbons (Fsp3) is 0.269. The number of hydrogen-bond acceptors (Lipinski definition) is 4. The molecule has 6 heteroatoms. The van der Waals surface area contributed by atoms with Gasteiger partial charge in [-0.2, -0.15) is 4.31 Å². The first-order valence-electron chi connectivity index (χ1n) is 10.7. The predicted octanol–water partition coefficient (Wildman–Crippen LogP) is 5.45. The summed E-state index contributed by atoms with van der Waals surface area (Å²) in [6.07, 6.45) is 3.03. The normalized spacial score (nSPS) is 11.2. The minimum absolute atomic E-state index is 0.0505. The number of aryl methyl sites for hydroxylation is 3. The minimum atomic E-state index is -4.10. The molecule has 0 saturated carbocycles. The van der Waals surface area contributed by atoms with E-state index in [2.05, 4.69) is 6.92 Å². The van der Waals surface area contributed by atoms with Crippen LogP contribution in [0.2, 0.25) is 0 Å². The van der Waals surface area contributed by atoms with Gasteiger partial charge in [0.25, 0.3) is 15.9 Å². The van der Waals surface area contributed by atoms with Gasteiger partial charge in [-0.05, 0) is 79.8 Å². The zero-order chi connectivity index (χ0) is 23.1. The zero-order valence-electron chi connectivity index (χ0n) is 18.7. The lowest BCUT2D eigenvalue weighted by molar-refractivity contribution is -0.119. The van der Waals surface area contributed by atoms with Crippen LogP contribution in [0.3, 0.4) is 0 Å². The Labute approximate surface area is 190 Å². The molecule has 3 rings (SSSR count). The van der Waals surface area contributed by atoms with Gasteiger partial charge in [-0.3, -0.25) is 4.79 Å². The van der Waals surface area contributed by atoms with Crippen molar-refractivity contribution in [1.82, 2.24) is 0 Å². The molecular weight excluding hydrogens is 422 g/mol. The summed E-state index contributed by atoms with van der Waals surface area (Å²) in [6, 6.07) is 20.6. The highest BCUT2D eigenvalue weighted by molar-refractivity contribution is 7.93. The Hall–Kier alpha value is -3.12. The minimum Gasteiger partial charge on any atom is -0.484 e. The van der Waals surface area contributed by atoms with Crippen LogP contribution in [0.25, 0.3) is 0 Å². The standard InChI is InChI=1S/C26H29NO4S/c1-4-5-9-22-13-15-23(16-14-22)27(32(29,30)25-10-7-6-8-11-25)26(28)19-31-24-17-12-20(2)21(3)18-24/h6-8,10-18H,4-5,9,19H2,1-3H3. The third kappa shape index (κ3) is 5.56. The average molecular weight is 452 g/mol. The van der Waals surface area contributed by atoms with Crippen LogP contribution in [0, 0.1) is 13.8 Å². The molecule has 3 aromatic carbocycles. The Morgan fingerprint density at radius 1 is 0.906 bits per heavy atom. The highest BCUT2D eigenvalue weighted by Gasteiger charge is 2.31. The van der Waals surface area contributed by atoms with Crippen LogP contribution in [0.4, 0.5) is 5.69 Å². The number of sulfonamides is 1. The average Bonchev–Trinajstić information content (AvgIpc) is 2.80. The number of unbranched alkanes of at least 4 members (excludes halogenated alkanes) is 1. The molecule has 0 bridgehead atoms. The van der Waals surface area contributed by atoms with E-state index in [1.807, 2.05) is 38.1 Å². The maximum absolute atomic E-state index is 13.4. The third-order valence-corrected chi connectivity index (χ3v) is 7.10. The number of ether oxygens (including phenoxy) is 1. The molecule has 0 saturated heterocycles. The Bertz CT molecular complexity index is 1160. The molecule has 0 fully saturated rings. The number of nitrogens with zero attached hydrogens (tertiary/aromatic N) is 1. The molecular formula is C26H29NO4S. The number of carbonyl (C=O) groups is 1. The molecule has 0 aromatic heterocycles. The summed E-state index contributed by atoms with van der Waals surface area (Å²) in [4.78, 5) is 13.2. The van der Waals surface area contributed by atoms with Crippen LogP contribution in [0.1, 0.15) is 36.5 Å². The van der Waals surface area contributed by atoms with Crippen LogP contribution in [-0.4, -0.2) is 20.9 Å². The lowest BCUT2D eigenvalue weighted by atomic mass is 10.1. The van der Waals surface area contributed by atoms with Gasteiger partial charge in [0, 0.05) is 0 Å². The molecule has 32 heavy (non-hydrogen) atoms. The van der Waals surface area contributed by atoms with Gasteiger partial charge >= 0.3 is 0 Å². The van der Waals surface area contributed by atoms with Crippen molar-refractivity contribution >= 4 is 21.6 Å². The smallest absolute Gasteiger partial charge is 0.278 e. The van der Waals surface area contributed by atoms with Gasteiger partial charge in [0.1, 0.15) is 5.75 Å². The first-order chi connectivity index (χ1) is 15.3. The van der Waals surface area contributed by atoms with Gasteiger partial charge in [-0.1, -0.05) is 49.7 Å². The third-order valence-electron chi connectivity index (χ3n) is 5.34. The topological polar surface area (TPSA) is 63.7 Å². The molecule has 0 heterocycles. The molecule has 0 aliphatic carbocycles. The van der Waals surface area contributed by atoms with Crippen molar-refractivity contribution in [1.29, 1.82) is 0 Å². The predicted molar refractivity (Wildman–Crippen MR) is 128 cm³/mol. The fourth-order valence-corrected chi connectivity index (χ4v) is 4.73. The number of hydrogen-bond donors (Lipinski definition) is 0. The molecule has 0 spiro atoms. The second-order valence-electron chi connectivity index (χ2n) is 7.78. The van der Waals surface area contributed by atoms with Crippen LogP contribution < -0.4 is 9.04 Å². The van der Waals surface area contributed by atoms with E-state index >= 15 is 0 Å². The Morgan fingerprint density at radius 3 is 2.22 bits per heavy atom. The van der Waals surface area contributed by atoms with Crippen molar-refractivity contribution in [2.45, 2.75) is 44.9 Å². The van der Waals surface area contributed by atoms with E-state index in [-0.39, 0.29) is 4.90 Å². The maximum Gasteiger partial charge on any atom is 0.278 e. The molecule has 0 radical (unpaired) electrons. The van der Waals surface area contributed by atoms with Crippen molar-refractivity contribution in [3.8, 4) is 5.75 Å². The highest BCUT2D eigenvalue weighted by Crippen LogP contribution is 2.25. The molecule has 168 valence electrons. The van der Waals surface area contributed by atoms with Crippen LogP contribution in [0.5, 0.6) is 5.75 Å². The Balaban J connectivity index is 1.91. The molecule has 0 aliphatic heterocycles. The fourth-order valence-electron chi connectivity index (χ4n) is 3.30. The van der Waals surface area contributed by atoms with Gasteiger partial charge < -0.3 is 4.74 Å². The van der Waals surface area contributed by atoms with Gasteiger partial charge in [0.2, 0.25) is 0 Å². The number of benzene rings is 3. The van der Waals surface area contributed by atoms with Gasteiger partial charge in [-0.15, -0.1) is 0 Å². The SMILES string of the molecule is CCCCc1ccc(N(C(=O)COc2ccc(C)c(C)c2)S(=O)(=O)c2ccccc2)cc1. The number of rotatable bonds is 9. The monoisotopic (exact) mass is 451 g/mol. The van der Waals surface area contributed by atoms with Gasteiger partial charge in [0.15, 0.2) is 6.61 Å². The summed E-state index contributed by atoms with van der Waals surface area (Å²) < 4.78 is 33.3. The van der Waals surface area contributed by atoms with E-state index < -0.39 is 22.5 Å². The molecule has 3 aromatic rings. The summed E-state index contributed by atoms with van der Waals surface area (Å²) in [7, 11) is -4.10. The van der Waals surface area contributed by atoms with Crippen molar-refractivity contribution in [3.63, 3.8) is 0 Å². The maximum atomic E-state index is 13.4. The van der Waals surface area contributed by atoms with E-state index in [1.165, 1.54) is 12.1 Å². The summed E-state index contributed by atoms with van der Waals surface area (Å²) in [5.74, 6) is -0.137. The number of amides is 1. The summed E-state index contributed by atoms with van der Waals surface area (Å²) in [6.45, 7) is 5.67. The van der Waals surface area contributed by atoms with E-state index in [0.717, 1.165) is 40.3 Å². The summed E-state index contributed by atoms with van der Waals surface area (Å²) in [5, 5.41) is 0. The molecule has 0 aliphatic rings. The molecule has 0 unspecified atom stereocenters. The lowest BCUT2D eigenvalue weighted by Crippen LogP contribution is -2.40. The van der Waals surface area contributed by atoms with Crippen molar-refractivity contribution in [2.75, 3.05) is 10.9 Å². The van der Waals surface area contributed by atoms with E-state index in [9.17, 15) is 13.2 Å². The van der Waals surface area contributed by atoms with Crippen LogP contribution in [0.15, 0.2) is 77.7 Å². The molecule has 0 N–H and O–H groups in total. The van der Waals surface area contributed by atoms with E-state index in [0.29, 0.717) is 11.4 Å². The highest BCUT2D eigenvalue weighted by atomic mass is 32.2. The lowest BCUT2D eigenvalue weighted by Gasteiger charge is -2.23. The van der Waals surface area contributed by atoms with Crippen LogP contribution >= 0.6 is 0 Å². The summed E-state index contributed by atoms with van der Waals surface area (Å²) >= 11 is 0. The second kappa shape index (κ2) is 10.5. The van der Waals surface area contributed by atoms with Crippen molar-refractivity contribution in [2.24, 2.45) is 0 Å². The van der Waals surface area contributed by atoms with E-state index in [1.54, 1.807) is 36.4 Å². The van der Waals surface area contributed by atoms with E-state index in [4.69, 9.17) is 4.74 Å². The number of anilines is 1.